The minimum absolute atomic E-state index is 0.0128. The quantitative estimate of drug-likeness (QED) is 0.943. The summed E-state index contributed by atoms with van der Waals surface area (Å²) in [6.45, 7) is 1.20. The number of para-hydroxylation sites is 1. The van der Waals surface area contributed by atoms with Crippen molar-refractivity contribution in [2.75, 3.05) is 18.4 Å². The van der Waals surface area contributed by atoms with Crippen LogP contribution in [0.15, 0.2) is 48.8 Å². The maximum Gasteiger partial charge on any atom is 0.322 e. The summed E-state index contributed by atoms with van der Waals surface area (Å²) in [7, 11) is 0. The van der Waals surface area contributed by atoms with Gasteiger partial charge >= 0.3 is 6.03 Å². The van der Waals surface area contributed by atoms with Gasteiger partial charge in [0.2, 0.25) is 0 Å². The third-order valence-electron chi connectivity index (χ3n) is 3.48. The minimum atomic E-state index is -0.162. The van der Waals surface area contributed by atoms with Crippen LogP contribution in [0.2, 0.25) is 5.02 Å². The number of nitrogens with one attached hydrogen (secondary N) is 1. The fraction of sp³-hybridized carbons (Fsp3) is 0.250. The second-order valence-electron chi connectivity index (χ2n) is 5.07. The van der Waals surface area contributed by atoms with Gasteiger partial charge in [0.1, 0.15) is 11.9 Å². The molecule has 1 N–H and O–H groups in total. The highest BCUT2D eigenvalue weighted by atomic mass is 35.5. The van der Waals surface area contributed by atoms with E-state index in [0.29, 0.717) is 23.8 Å². The number of carbonyl (C=O) groups is 1. The molecule has 1 aliphatic rings. The molecule has 2 heterocycles. The maximum atomic E-state index is 12.3. The first-order valence-corrected chi connectivity index (χ1v) is 7.47. The molecular formula is C16H16ClN3O2. The van der Waals surface area contributed by atoms with E-state index in [4.69, 9.17) is 16.3 Å². The van der Waals surface area contributed by atoms with Crippen molar-refractivity contribution in [1.29, 1.82) is 0 Å². The van der Waals surface area contributed by atoms with Crippen molar-refractivity contribution in [3.05, 3.63) is 53.8 Å². The van der Waals surface area contributed by atoms with Gasteiger partial charge in [-0.05, 0) is 24.3 Å². The maximum absolute atomic E-state index is 12.3. The van der Waals surface area contributed by atoms with Gasteiger partial charge in [-0.2, -0.15) is 0 Å². The Kier molecular flexibility index (Phi) is 4.44. The lowest BCUT2D eigenvalue weighted by Gasteiger charge is -2.18. The van der Waals surface area contributed by atoms with E-state index in [1.165, 1.54) is 0 Å². The van der Waals surface area contributed by atoms with Gasteiger partial charge in [0.15, 0.2) is 0 Å². The van der Waals surface area contributed by atoms with Crippen LogP contribution in [0.3, 0.4) is 0 Å². The Morgan fingerprint density at radius 2 is 2.18 bits per heavy atom. The van der Waals surface area contributed by atoms with Gasteiger partial charge < -0.3 is 15.0 Å². The van der Waals surface area contributed by atoms with Gasteiger partial charge in [-0.1, -0.05) is 23.7 Å². The Morgan fingerprint density at radius 3 is 2.95 bits per heavy atom. The van der Waals surface area contributed by atoms with Crippen molar-refractivity contribution >= 4 is 23.3 Å². The molecule has 1 aliphatic heterocycles. The zero-order valence-corrected chi connectivity index (χ0v) is 12.7. The van der Waals surface area contributed by atoms with Crippen molar-refractivity contribution < 1.29 is 9.53 Å². The summed E-state index contributed by atoms with van der Waals surface area (Å²) in [5.74, 6) is 0.723. The average molecular weight is 318 g/mol. The molecule has 114 valence electrons. The highest BCUT2D eigenvalue weighted by Gasteiger charge is 2.27. The lowest BCUT2D eigenvalue weighted by atomic mass is 10.3. The normalized spacial score (nSPS) is 17.3. The number of rotatable bonds is 3. The largest absolute Gasteiger partial charge is 0.487 e. The molecule has 5 nitrogen and oxygen atoms in total. The Bertz CT molecular complexity index is 651. The van der Waals surface area contributed by atoms with E-state index in [2.05, 4.69) is 10.3 Å². The summed E-state index contributed by atoms with van der Waals surface area (Å²) in [5.41, 5.74) is 0.616. The van der Waals surface area contributed by atoms with Crippen LogP contribution < -0.4 is 10.1 Å². The molecule has 1 aromatic heterocycles. The number of hydrogen-bond acceptors (Lipinski definition) is 3. The van der Waals surface area contributed by atoms with Gasteiger partial charge in [0.05, 0.1) is 23.5 Å². The van der Waals surface area contributed by atoms with Gasteiger partial charge in [0, 0.05) is 19.2 Å². The molecule has 0 unspecified atom stereocenters. The Morgan fingerprint density at radius 1 is 1.32 bits per heavy atom. The van der Waals surface area contributed by atoms with Crippen molar-refractivity contribution in [2.45, 2.75) is 12.5 Å². The van der Waals surface area contributed by atoms with Crippen molar-refractivity contribution in [3.63, 3.8) is 0 Å². The Balaban J connectivity index is 1.56. The third kappa shape index (κ3) is 3.49. The Labute approximate surface area is 133 Å². The Hall–Kier alpha value is -2.27. The van der Waals surface area contributed by atoms with E-state index in [0.717, 1.165) is 12.2 Å². The van der Waals surface area contributed by atoms with E-state index in [-0.39, 0.29) is 12.1 Å². The van der Waals surface area contributed by atoms with Gasteiger partial charge in [-0.3, -0.25) is 4.98 Å². The number of anilines is 1. The SMILES string of the molecule is O=C(Nc1ccccc1Cl)N1CC[C@@H](Oc2cccnc2)C1. The number of carbonyl (C=O) groups excluding carboxylic acids is 1. The smallest absolute Gasteiger partial charge is 0.322 e. The molecule has 6 heteroatoms. The van der Waals surface area contributed by atoms with Crippen molar-refractivity contribution in [1.82, 2.24) is 9.88 Å². The van der Waals surface area contributed by atoms with E-state index >= 15 is 0 Å². The molecule has 22 heavy (non-hydrogen) atoms. The molecule has 0 saturated carbocycles. The van der Waals surface area contributed by atoms with Crippen LogP contribution in [-0.4, -0.2) is 35.1 Å². The molecule has 2 amide bonds. The number of hydrogen-bond donors (Lipinski definition) is 1. The standard InChI is InChI=1S/C16H16ClN3O2/c17-14-5-1-2-6-15(14)19-16(21)20-9-7-13(11-20)22-12-4-3-8-18-10-12/h1-6,8,10,13H,7,9,11H2,(H,19,21)/t13-/m1/s1. The van der Waals surface area contributed by atoms with Gasteiger partial charge in [-0.15, -0.1) is 0 Å². The molecule has 1 aromatic carbocycles. The molecule has 1 saturated heterocycles. The number of benzene rings is 1. The zero-order chi connectivity index (χ0) is 15.4. The van der Waals surface area contributed by atoms with Crippen LogP contribution >= 0.6 is 11.6 Å². The summed E-state index contributed by atoms with van der Waals surface area (Å²) in [5, 5.41) is 3.35. The summed E-state index contributed by atoms with van der Waals surface area (Å²) < 4.78 is 5.82. The van der Waals surface area contributed by atoms with E-state index in [9.17, 15) is 4.79 Å². The highest BCUT2D eigenvalue weighted by Crippen LogP contribution is 2.22. The highest BCUT2D eigenvalue weighted by molar-refractivity contribution is 6.33. The predicted molar refractivity (Wildman–Crippen MR) is 85.3 cm³/mol. The predicted octanol–water partition coefficient (Wildman–Crippen LogP) is 3.42. The molecule has 1 atom stereocenters. The first-order chi connectivity index (χ1) is 10.7. The molecule has 0 bridgehead atoms. The first kappa shape index (κ1) is 14.7. The number of likely N-dealkylation sites (tertiary alicyclic amines) is 1. The number of pyridine rings is 1. The zero-order valence-electron chi connectivity index (χ0n) is 11.9. The number of aromatic nitrogens is 1. The molecule has 0 radical (unpaired) electrons. The number of urea groups is 1. The fourth-order valence-corrected chi connectivity index (χ4v) is 2.56. The average Bonchev–Trinajstić information content (AvgIpc) is 2.99. The van der Waals surface area contributed by atoms with Crippen molar-refractivity contribution in [3.8, 4) is 5.75 Å². The van der Waals surface area contributed by atoms with E-state index < -0.39 is 0 Å². The monoisotopic (exact) mass is 317 g/mol. The summed E-state index contributed by atoms with van der Waals surface area (Å²) >= 11 is 6.05. The topological polar surface area (TPSA) is 54.5 Å². The summed E-state index contributed by atoms with van der Waals surface area (Å²) in [6.07, 6.45) is 4.16. The van der Waals surface area contributed by atoms with Crippen LogP contribution in [-0.2, 0) is 0 Å². The second kappa shape index (κ2) is 6.66. The molecule has 0 spiro atoms. The first-order valence-electron chi connectivity index (χ1n) is 7.09. The van der Waals surface area contributed by atoms with E-state index in [1.807, 2.05) is 24.3 Å². The summed E-state index contributed by atoms with van der Waals surface area (Å²) in [6, 6.07) is 10.7. The van der Waals surface area contributed by atoms with Crippen LogP contribution in [0.25, 0.3) is 0 Å². The lowest BCUT2D eigenvalue weighted by molar-refractivity contribution is 0.194. The second-order valence-corrected chi connectivity index (χ2v) is 5.48. The molecule has 2 aromatic rings. The molecule has 3 rings (SSSR count). The van der Waals surface area contributed by atoms with Gasteiger partial charge in [0.25, 0.3) is 0 Å². The number of nitrogens with zero attached hydrogens (tertiary/aromatic N) is 2. The number of amides is 2. The van der Waals surface area contributed by atoms with Crippen LogP contribution in [0.1, 0.15) is 6.42 Å². The molecule has 0 aliphatic carbocycles. The molecular weight excluding hydrogens is 302 g/mol. The molecule has 1 fully saturated rings. The summed E-state index contributed by atoms with van der Waals surface area (Å²) in [4.78, 5) is 18.0. The minimum Gasteiger partial charge on any atom is -0.487 e. The van der Waals surface area contributed by atoms with Crippen LogP contribution in [0.5, 0.6) is 5.75 Å². The van der Waals surface area contributed by atoms with Gasteiger partial charge in [-0.25, -0.2) is 4.79 Å². The van der Waals surface area contributed by atoms with Crippen LogP contribution in [0.4, 0.5) is 10.5 Å². The van der Waals surface area contributed by atoms with Crippen molar-refractivity contribution in [2.24, 2.45) is 0 Å². The lowest BCUT2D eigenvalue weighted by Crippen LogP contribution is -2.34. The number of ether oxygens (including phenoxy) is 1. The fourth-order valence-electron chi connectivity index (χ4n) is 2.37. The number of halogens is 1. The van der Waals surface area contributed by atoms with Crippen LogP contribution in [0, 0.1) is 0 Å². The third-order valence-corrected chi connectivity index (χ3v) is 3.81. The van der Waals surface area contributed by atoms with E-state index in [1.54, 1.807) is 29.4 Å².